The molecule has 0 aromatic heterocycles. The number of rotatable bonds is 9. The van der Waals surface area contributed by atoms with E-state index in [1.54, 1.807) is 24.8 Å². The van der Waals surface area contributed by atoms with Gasteiger partial charge in [0, 0.05) is 25.3 Å². The lowest BCUT2D eigenvalue weighted by molar-refractivity contribution is -0.150. The monoisotopic (exact) mass is 469 g/mol. The van der Waals surface area contributed by atoms with Gasteiger partial charge in [-0.1, -0.05) is 30.3 Å². The summed E-state index contributed by atoms with van der Waals surface area (Å²) in [5.41, 5.74) is 2.81. The topological polar surface area (TPSA) is 88.2 Å². The minimum absolute atomic E-state index is 0.200. The Kier molecular flexibility index (Phi) is 8.87. The lowest BCUT2D eigenvalue weighted by Gasteiger charge is -2.40. The fraction of sp³-hybridized carbons (Fsp3) is 0.500. The summed E-state index contributed by atoms with van der Waals surface area (Å²) in [5, 5.41) is 3.00. The molecular formula is C26H35N3O5. The molecule has 0 radical (unpaired) electrons. The maximum absolute atomic E-state index is 13.3. The van der Waals surface area contributed by atoms with E-state index >= 15 is 0 Å². The van der Waals surface area contributed by atoms with E-state index in [4.69, 9.17) is 9.47 Å². The number of benzene rings is 1. The summed E-state index contributed by atoms with van der Waals surface area (Å²) in [6.07, 6.45) is 3.23. The minimum atomic E-state index is -0.630. The van der Waals surface area contributed by atoms with Crippen molar-refractivity contribution in [3.8, 4) is 0 Å². The highest BCUT2D eigenvalue weighted by molar-refractivity contribution is 5.95. The number of nitrogens with zero attached hydrogens (tertiary/aromatic N) is 2. The third-order valence-electron chi connectivity index (χ3n) is 6.24. The Morgan fingerprint density at radius 3 is 2.62 bits per heavy atom. The fourth-order valence-electron chi connectivity index (χ4n) is 4.65. The largest absolute Gasteiger partial charge is 0.466 e. The van der Waals surface area contributed by atoms with Crippen LogP contribution in [-0.2, 0) is 19.1 Å². The standard InChI is InChI=1S/C26H35N3O5/c1-5-14-29-21(17-28-15-10-12-19(16-28)24(30)33-6-2)22(25(31)34-7-3)23(27-26(29)32)20-13-9-8-11-18(20)4/h5,8-9,11,13,19,23H,1,6-7,10,12,14-17H2,2-4H3,(H,27,32)/t19-,23+/m1/s1. The van der Waals surface area contributed by atoms with Crippen LogP contribution in [0.3, 0.4) is 0 Å². The summed E-state index contributed by atoms with van der Waals surface area (Å²) >= 11 is 0. The van der Waals surface area contributed by atoms with Crippen molar-refractivity contribution in [3.63, 3.8) is 0 Å². The average Bonchev–Trinajstić information content (AvgIpc) is 2.82. The highest BCUT2D eigenvalue weighted by atomic mass is 16.5. The highest BCUT2D eigenvalue weighted by Gasteiger charge is 2.39. The second kappa shape index (κ2) is 11.8. The predicted octanol–water partition coefficient (Wildman–Crippen LogP) is 3.34. The first-order chi connectivity index (χ1) is 16.4. The Hall–Kier alpha value is -3.13. The van der Waals surface area contributed by atoms with E-state index in [0.29, 0.717) is 31.0 Å². The van der Waals surface area contributed by atoms with Gasteiger partial charge >= 0.3 is 18.0 Å². The van der Waals surface area contributed by atoms with E-state index in [1.165, 1.54) is 0 Å². The van der Waals surface area contributed by atoms with Gasteiger partial charge in [0.2, 0.25) is 0 Å². The molecule has 2 heterocycles. The van der Waals surface area contributed by atoms with Crippen molar-refractivity contribution in [2.75, 3.05) is 39.4 Å². The maximum Gasteiger partial charge on any atom is 0.338 e. The van der Waals surface area contributed by atoms with Crippen molar-refractivity contribution in [1.29, 1.82) is 0 Å². The third-order valence-corrected chi connectivity index (χ3v) is 6.24. The van der Waals surface area contributed by atoms with Crippen LogP contribution >= 0.6 is 0 Å². The van der Waals surface area contributed by atoms with Crippen molar-refractivity contribution in [2.45, 2.75) is 39.7 Å². The van der Waals surface area contributed by atoms with Crippen LogP contribution in [0.25, 0.3) is 0 Å². The second-order valence-corrected chi connectivity index (χ2v) is 8.55. The SMILES string of the molecule is C=CCN1C(=O)N[C@@H](c2ccccc2C)C(C(=O)OCC)=C1CN1CCC[C@@H](C(=O)OCC)C1. The van der Waals surface area contributed by atoms with Crippen molar-refractivity contribution in [2.24, 2.45) is 5.92 Å². The van der Waals surface area contributed by atoms with Gasteiger partial charge in [0.05, 0.1) is 30.7 Å². The molecule has 8 heteroatoms. The molecule has 1 saturated heterocycles. The molecule has 0 unspecified atom stereocenters. The highest BCUT2D eigenvalue weighted by Crippen LogP contribution is 2.34. The lowest BCUT2D eigenvalue weighted by Crippen LogP contribution is -2.52. The quantitative estimate of drug-likeness (QED) is 0.441. The summed E-state index contributed by atoms with van der Waals surface area (Å²) in [4.78, 5) is 42.5. The first-order valence-corrected chi connectivity index (χ1v) is 11.9. The number of piperidine rings is 1. The summed E-state index contributed by atoms with van der Waals surface area (Å²) in [6.45, 7) is 11.7. The number of carbonyl (C=O) groups is 3. The van der Waals surface area contributed by atoms with Crippen LogP contribution in [-0.4, -0.2) is 67.2 Å². The molecule has 34 heavy (non-hydrogen) atoms. The van der Waals surface area contributed by atoms with Gasteiger partial charge in [-0.15, -0.1) is 6.58 Å². The first kappa shape index (κ1) is 25.5. The molecule has 3 rings (SSSR count). The summed E-state index contributed by atoms with van der Waals surface area (Å²) in [6, 6.07) is 6.75. The van der Waals surface area contributed by atoms with E-state index in [2.05, 4.69) is 16.8 Å². The second-order valence-electron chi connectivity index (χ2n) is 8.55. The molecule has 0 saturated carbocycles. The average molecular weight is 470 g/mol. The molecule has 8 nitrogen and oxygen atoms in total. The Morgan fingerprint density at radius 2 is 1.94 bits per heavy atom. The maximum atomic E-state index is 13.3. The molecular weight excluding hydrogens is 434 g/mol. The molecule has 1 N–H and O–H groups in total. The van der Waals surface area contributed by atoms with Gasteiger partial charge in [-0.2, -0.15) is 0 Å². The first-order valence-electron chi connectivity index (χ1n) is 11.9. The number of urea groups is 1. The molecule has 2 atom stereocenters. The van der Waals surface area contributed by atoms with Gasteiger partial charge in [0.1, 0.15) is 0 Å². The van der Waals surface area contributed by atoms with Crippen LogP contribution in [0.4, 0.5) is 4.79 Å². The number of hydrogen-bond donors (Lipinski definition) is 1. The number of ether oxygens (including phenoxy) is 2. The molecule has 1 aromatic carbocycles. The summed E-state index contributed by atoms with van der Waals surface area (Å²) in [5.74, 6) is -0.884. The molecule has 0 spiro atoms. The van der Waals surface area contributed by atoms with Crippen molar-refractivity contribution >= 4 is 18.0 Å². The zero-order valence-electron chi connectivity index (χ0n) is 20.3. The smallest absolute Gasteiger partial charge is 0.338 e. The van der Waals surface area contributed by atoms with Crippen molar-refractivity contribution in [3.05, 3.63) is 59.3 Å². The summed E-state index contributed by atoms with van der Waals surface area (Å²) in [7, 11) is 0. The molecule has 184 valence electrons. The number of carbonyl (C=O) groups excluding carboxylic acids is 3. The Balaban J connectivity index is 2.05. The Labute approximate surface area is 201 Å². The minimum Gasteiger partial charge on any atom is -0.466 e. The van der Waals surface area contributed by atoms with Crippen LogP contribution in [0.5, 0.6) is 0 Å². The van der Waals surface area contributed by atoms with E-state index in [1.807, 2.05) is 31.2 Å². The van der Waals surface area contributed by atoms with Gasteiger partial charge in [0.15, 0.2) is 0 Å². The van der Waals surface area contributed by atoms with Crippen LogP contribution in [0, 0.1) is 12.8 Å². The van der Waals surface area contributed by atoms with Crippen LogP contribution in [0.15, 0.2) is 48.2 Å². The zero-order chi connectivity index (χ0) is 24.7. The molecule has 2 amide bonds. The van der Waals surface area contributed by atoms with Crippen LogP contribution in [0.1, 0.15) is 43.9 Å². The predicted molar refractivity (Wildman–Crippen MR) is 129 cm³/mol. The molecule has 2 aliphatic heterocycles. The van der Waals surface area contributed by atoms with Gasteiger partial charge in [-0.3, -0.25) is 14.6 Å². The van der Waals surface area contributed by atoms with E-state index < -0.39 is 12.0 Å². The van der Waals surface area contributed by atoms with Crippen LogP contribution in [0.2, 0.25) is 0 Å². The molecule has 2 aliphatic rings. The van der Waals surface area contributed by atoms with Gasteiger partial charge in [-0.05, 0) is 51.3 Å². The lowest BCUT2D eigenvalue weighted by atomic mass is 9.91. The van der Waals surface area contributed by atoms with Crippen LogP contribution < -0.4 is 5.32 Å². The van der Waals surface area contributed by atoms with E-state index in [-0.39, 0.29) is 31.1 Å². The number of esters is 2. The molecule has 0 bridgehead atoms. The number of likely N-dealkylation sites (tertiary alicyclic amines) is 1. The van der Waals surface area contributed by atoms with E-state index in [9.17, 15) is 14.4 Å². The Morgan fingerprint density at radius 1 is 1.21 bits per heavy atom. The van der Waals surface area contributed by atoms with Gasteiger partial charge in [0.25, 0.3) is 0 Å². The zero-order valence-corrected chi connectivity index (χ0v) is 20.3. The number of hydrogen-bond acceptors (Lipinski definition) is 6. The number of aryl methyl sites for hydroxylation is 1. The van der Waals surface area contributed by atoms with Gasteiger partial charge < -0.3 is 14.8 Å². The number of amides is 2. The summed E-state index contributed by atoms with van der Waals surface area (Å²) < 4.78 is 10.7. The van der Waals surface area contributed by atoms with Crippen molar-refractivity contribution < 1.29 is 23.9 Å². The molecule has 1 fully saturated rings. The normalized spacial score (nSPS) is 21.1. The van der Waals surface area contributed by atoms with E-state index in [0.717, 1.165) is 30.5 Å². The molecule has 0 aliphatic carbocycles. The third kappa shape index (κ3) is 5.67. The van der Waals surface area contributed by atoms with Crippen molar-refractivity contribution in [1.82, 2.24) is 15.1 Å². The van der Waals surface area contributed by atoms with Gasteiger partial charge in [-0.25, -0.2) is 9.59 Å². The fourth-order valence-corrected chi connectivity index (χ4v) is 4.65. The molecule has 1 aromatic rings. The number of nitrogens with one attached hydrogen (secondary N) is 1. The Bertz CT molecular complexity index is 958.